The van der Waals surface area contributed by atoms with Gasteiger partial charge in [0.2, 0.25) is 0 Å². The van der Waals surface area contributed by atoms with E-state index in [1.54, 1.807) is 0 Å². The Balaban J connectivity index is 2.39. The third-order valence-electron chi connectivity index (χ3n) is 2.88. The van der Waals surface area contributed by atoms with Crippen LogP contribution < -0.4 is 14.6 Å². The maximum Gasteiger partial charge on any atom is 0.387 e. The number of nitrogens with zero attached hydrogens (tertiary/aromatic N) is 1. The highest BCUT2D eigenvalue weighted by molar-refractivity contribution is 8.26. The highest BCUT2D eigenvalue weighted by atomic mass is 32.2. The topological polar surface area (TPSA) is 78.9 Å². The quantitative estimate of drug-likeness (QED) is 0.548. The Morgan fingerprint density at radius 3 is 2.79 bits per heavy atom. The fraction of sp³-hybridized carbons (Fsp3) is 0.214. The van der Waals surface area contributed by atoms with Crippen LogP contribution in [0.25, 0.3) is 6.08 Å². The first kappa shape index (κ1) is 18.1. The molecule has 0 aromatic heterocycles. The first-order valence-corrected chi connectivity index (χ1v) is 7.63. The lowest BCUT2D eigenvalue weighted by Crippen LogP contribution is -2.40. The monoisotopic (exact) mass is 374 g/mol. The second kappa shape index (κ2) is 7.58. The molecule has 24 heavy (non-hydrogen) atoms. The van der Waals surface area contributed by atoms with Crippen molar-refractivity contribution in [2.45, 2.75) is 6.61 Å². The standard InChI is InChI=1S/C14H11F2NO5S2/c1-21-8-4-2-3-7(11(8)22-13(15)16)5-9-12(20)17(6-10(18)19)14(23)24-9/h2-5,13H,6H2,1H3,(H,18,19)/p-1/b9-5-. The van der Waals surface area contributed by atoms with E-state index in [9.17, 15) is 23.5 Å². The van der Waals surface area contributed by atoms with Crippen LogP contribution in [0.4, 0.5) is 8.78 Å². The van der Waals surface area contributed by atoms with E-state index in [0.717, 1.165) is 16.7 Å². The molecule has 1 aliphatic rings. The lowest BCUT2D eigenvalue weighted by atomic mass is 10.1. The number of benzene rings is 1. The predicted octanol–water partition coefficient (Wildman–Crippen LogP) is 1.25. The molecule has 1 aliphatic heterocycles. The number of methoxy groups -OCH3 is 1. The summed E-state index contributed by atoms with van der Waals surface area (Å²) in [5, 5.41) is 10.7. The molecule has 0 bridgehead atoms. The lowest BCUT2D eigenvalue weighted by molar-refractivity contribution is -0.305. The number of carboxylic acids is 1. The maximum absolute atomic E-state index is 12.6. The molecule has 10 heteroatoms. The molecule has 0 N–H and O–H groups in total. The van der Waals surface area contributed by atoms with Gasteiger partial charge in [0, 0.05) is 5.56 Å². The van der Waals surface area contributed by atoms with Crippen LogP contribution in [0.15, 0.2) is 23.1 Å². The largest absolute Gasteiger partial charge is 0.548 e. The zero-order valence-corrected chi connectivity index (χ0v) is 13.8. The Bertz CT molecular complexity index is 723. The predicted molar refractivity (Wildman–Crippen MR) is 84.5 cm³/mol. The van der Waals surface area contributed by atoms with E-state index >= 15 is 0 Å². The van der Waals surface area contributed by atoms with E-state index in [-0.39, 0.29) is 26.3 Å². The van der Waals surface area contributed by atoms with Gasteiger partial charge in [-0.2, -0.15) is 8.78 Å². The molecule has 128 valence electrons. The fourth-order valence-corrected chi connectivity index (χ4v) is 3.18. The first-order chi connectivity index (χ1) is 11.3. The number of thiocarbonyl (C=S) groups is 1. The highest BCUT2D eigenvalue weighted by Crippen LogP contribution is 2.38. The van der Waals surface area contributed by atoms with Gasteiger partial charge in [-0.3, -0.25) is 9.69 Å². The number of carboxylic acid groups (broad SMARTS) is 1. The Hall–Kier alpha value is -2.20. The number of thioether (sulfide) groups is 1. The molecule has 0 saturated carbocycles. The van der Waals surface area contributed by atoms with E-state index in [1.165, 1.54) is 31.4 Å². The van der Waals surface area contributed by atoms with Crippen LogP contribution in [0.1, 0.15) is 5.56 Å². The van der Waals surface area contributed by atoms with Gasteiger partial charge in [0.05, 0.1) is 24.5 Å². The number of rotatable bonds is 6. The number of halogens is 2. The summed E-state index contributed by atoms with van der Waals surface area (Å²) in [4.78, 5) is 23.8. The van der Waals surface area contributed by atoms with Crippen LogP contribution in [0.2, 0.25) is 0 Å². The zero-order chi connectivity index (χ0) is 17.9. The molecule has 1 aromatic rings. The van der Waals surface area contributed by atoms with Crippen molar-refractivity contribution in [1.82, 2.24) is 4.90 Å². The van der Waals surface area contributed by atoms with Crippen LogP contribution >= 0.6 is 24.0 Å². The number of alkyl halides is 2. The Labute approximate surface area is 145 Å². The normalized spacial score (nSPS) is 16.2. The van der Waals surface area contributed by atoms with Crippen molar-refractivity contribution in [3.05, 3.63) is 28.7 Å². The number of hydrogen-bond acceptors (Lipinski definition) is 7. The van der Waals surface area contributed by atoms with E-state index in [4.69, 9.17) is 17.0 Å². The summed E-state index contributed by atoms with van der Waals surface area (Å²) < 4.78 is 34.7. The van der Waals surface area contributed by atoms with Crippen molar-refractivity contribution in [2.75, 3.05) is 13.7 Å². The third-order valence-corrected chi connectivity index (χ3v) is 4.26. The van der Waals surface area contributed by atoms with E-state index in [0.29, 0.717) is 0 Å². The van der Waals surface area contributed by atoms with Gasteiger partial charge in [0.25, 0.3) is 5.91 Å². The smallest absolute Gasteiger partial charge is 0.387 e. The van der Waals surface area contributed by atoms with Gasteiger partial charge in [-0.05, 0) is 12.1 Å². The molecule has 6 nitrogen and oxygen atoms in total. The molecular weight excluding hydrogens is 364 g/mol. The average molecular weight is 374 g/mol. The number of aliphatic carboxylic acids is 1. The fourth-order valence-electron chi connectivity index (χ4n) is 1.93. The summed E-state index contributed by atoms with van der Waals surface area (Å²) >= 11 is 5.79. The summed E-state index contributed by atoms with van der Waals surface area (Å²) in [5.41, 5.74) is 0.170. The number of hydrogen-bond donors (Lipinski definition) is 0. The Morgan fingerprint density at radius 2 is 2.21 bits per heavy atom. The zero-order valence-electron chi connectivity index (χ0n) is 12.2. The second-order valence-electron chi connectivity index (χ2n) is 4.40. The molecule has 1 aromatic carbocycles. The van der Waals surface area contributed by atoms with Gasteiger partial charge in [0.15, 0.2) is 11.5 Å². The molecule has 0 unspecified atom stereocenters. The molecule has 0 spiro atoms. The number of amides is 1. The van der Waals surface area contributed by atoms with E-state index < -0.39 is 25.0 Å². The van der Waals surface area contributed by atoms with Crippen LogP contribution in [0.5, 0.6) is 11.5 Å². The Morgan fingerprint density at radius 1 is 1.50 bits per heavy atom. The minimum atomic E-state index is -3.08. The van der Waals surface area contributed by atoms with Crippen molar-refractivity contribution in [1.29, 1.82) is 0 Å². The minimum absolute atomic E-state index is 0.0367. The molecule has 1 heterocycles. The maximum atomic E-state index is 12.6. The number of para-hydroxylation sites is 1. The molecule has 0 aliphatic carbocycles. The van der Waals surface area contributed by atoms with Gasteiger partial charge in [0.1, 0.15) is 4.32 Å². The Kier molecular flexibility index (Phi) is 5.73. The van der Waals surface area contributed by atoms with Crippen LogP contribution in [-0.2, 0) is 9.59 Å². The summed E-state index contributed by atoms with van der Waals surface area (Å²) in [6.07, 6.45) is 1.29. The van der Waals surface area contributed by atoms with Gasteiger partial charge < -0.3 is 19.4 Å². The summed E-state index contributed by atoms with van der Waals surface area (Å²) in [5.74, 6) is -2.29. The number of carbonyl (C=O) groups excluding carboxylic acids is 2. The van der Waals surface area contributed by atoms with Crippen molar-refractivity contribution < 1.29 is 33.0 Å². The molecule has 1 saturated heterocycles. The van der Waals surface area contributed by atoms with Gasteiger partial charge >= 0.3 is 6.61 Å². The lowest BCUT2D eigenvalue weighted by Gasteiger charge is -2.14. The minimum Gasteiger partial charge on any atom is -0.548 e. The average Bonchev–Trinajstić information content (AvgIpc) is 2.75. The van der Waals surface area contributed by atoms with Crippen molar-refractivity contribution in [3.8, 4) is 11.5 Å². The second-order valence-corrected chi connectivity index (χ2v) is 6.07. The molecule has 2 rings (SSSR count). The summed E-state index contributed by atoms with van der Waals surface area (Å²) in [6.45, 7) is -3.76. The third kappa shape index (κ3) is 4.01. The SMILES string of the molecule is COc1cccc(/C=C2\SC(=S)N(CC(=O)[O-])C2=O)c1OC(F)F. The molecule has 0 atom stereocenters. The van der Waals surface area contributed by atoms with E-state index in [1.807, 2.05) is 0 Å². The highest BCUT2D eigenvalue weighted by Gasteiger charge is 2.32. The van der Waals surface area contributed by atoms with Crippen molar-refractivity contribution in [3.63, 3.8) is 0 Å². The van der Waals surface area contributed by atoms with Crippen LogP contribution in [-0.4, -0.2) is 41.4 Å². The van der Waals surface area contributed by atoms with E-state index in [2.05, 4.69) is 4.74 Å². The number of ether oxygens (including phenoxy) is 2. The summed E-state index contributed by atoms with van der Waals surface area (Å²) in [7, 11) is 1.29. The summed E-state index contributed by atoms with van der Waals surface area (Å²) in [6, 6.07) is 4.41. The molecule has 1 fully saturated rings. The molecule has 1 amide bonds. The van der Waals surface area contributed by atoms with Crippen molar-refractivity contribution in [2.24, 2.45) is 0 Å². The van der Waals surface area contributed by atoms with Gasteiger partial charge in [-0.25, -0.2) is 0 Å². The van der Waals surface area contributed by atoms with Crippen LogP contribution in [0.3, 0.4) is 0 Å². The first-order valence-electron chi connectivity index (χ1n) is 6.40. The molecular formula is C14H10F2NO5S2-. The number of carbonyl (C=O) groups is 2. The van der Waals surface area contributed by atoms with Gasteiger partial charge in [-0.15, -0.1) is 0 Å². The van der Waals surface area contributed by atoms with Gasteiger partial charge in [-0.1, -0.05) is 36.1 Å². The van der Waals surface area contributed by atoms with Crippen LogP contribution in [0, 0.1) is 0 Å². The van der Waals surface area contributed by atoms with Crippen molar-refractivity contribution >= 4 is 46.3 Å². The molecule has 0 radical (unpaired) electrons.